The van der Waals surface area contributed by atoms with E-state index >= 15 is 0 Å². The molecule has 1 rings (SSSR count). The maximum Gasteiger partial charge on any atom is 0.342 e. The third kappa shape index (κ3) is 3.30. The summed E-state index contributed by atoms with van der Waals surface area (Å²) in [6, 6.07) is 2.99. The van der Waals surface area contributed by atoms with Crippen molar-refractivity contribution in [2.24, 2.45) is 0 Å². The monoisotopic (exact) mass is 288 g/mol. The molecule has 88 valence electrons. The second-order valence-electron chi connectivity index (χ2n) is 4.61. The third-order valence-corrected chi connectivity index (χ3v) is 2.41. The van der Waals surface area contributed by atoms with Crippen molar-refractivity contribution >= 4 is 21.9 Å². The van der Waals surface area contributed by atoms with Gasteiger partial charge in [0.1, 0.15) is 17.0 Å². The normalized spacial score (nSPS) is 11.4. The predicted octanol–water partition coefficient (Wildman–Crippen LogP) is 3.85. The number of hydrogen-bond acceptors (Lipinski definition) is 2. The molecule has 1 aromatic carbocycles. The van der Waals surface area contributed by atoms with Gasteiger partial charge in [-0.3, -0.25) is 0 Å². The Bertz CT molecular complexity index is 399. The van der Waals surface area contributed by atoms with E-state index in [0.29, 0.717) is 4.47 Å². The highest BCUT2D eigenvalue weighted by molar-refractivity contribution is 9.10. The Balaban J connectivity index is 3.10. The SMILES string of the molecule is Cc1cc(F)c(C(=O)OC(C)(C)C)c(Br)c1. The number of hydrogen-bond donors (Lipinski definition) is 0. The minimum Gasteiger partial charge on any atom is -0.456 e. The summed E-state index contributed by atoms with van der Waals surface area (Å²) in [7, 11) is 0. The first-order valence-electron chi connectivity index (χ1n) is 4.90. The summed E-state index contributed by atoms with van der Waals surface area (Å²) in [6.45, 7) is 6.98. The molecule has 0 spiro atoms. The molecule has 0 aliphatic rings. The Morgan fingerprint density at radius 1 is 1.38 bits per heavy atom. The molecule has 2 nitrogen and oxygen atoms in total. The average molecular weight is 289 g/mol. The Morgan fingerprint density at radius 3 is 2.38 bits per heavy atom. The van der Waals surface area contributed by atoms with Crippen molar-refractivity contribution in [2.45, 2.75) is 33.3 Å². The number of aryl methyl sites for hydroxylation is 1. The Labute approximate surface area is 103 Å². The molecule has 0 fully saturated rings. The van der Waals surface area contributed by atoms with Gasteiger partial charge < -0.3 is 4.74 Å². The van der Waals surface area contributed by atoms with Crippen molar-refractivity contribution in [3.05, 3.63) is 33.5 Å². The fourth-order valence-electron chi connectivity index (χ4n) is 1.22. The van der Waals surface area contributed by atoms with Gasteiger partial charge in [0.2, 0.25) is 0 Å². The molecular formula is C12H14BrFO2. The molecule has 0 aliphatic carbocycles. The van der Waals surface area contributed by atoms with Gasteiger partial charge in [0.15, 0.2) is 0 Å². The van der Waals surface area contributed by atoms with E-state index in [9.17, 15) is 9.18 Å². The van der Waals surface area contributed by atoms with Crippen molar-refractivity contribution < 1.29 is 13.9 Å². The van der Waals surface area contributed by atoms with Gasteiger partial charge in [-0.05, 0) is 61.3 Å². The largest absolute Gasteiger partial charge is 0.456 e. The number of carbonyl (C=O) groups excluding carboxylic acids is 1. The molecular weight excluding hydrogens is 275 g/mol. The average Bonchev–Trinajstić information content (AvgIpc) is 1.96. The topological polar surface area (TPSA) is 26.3 Å². The van der Waals surface area contributed by atoms with Crippen molar-refractivity contribution in [2.75, 3.05) is 0 Å². The molecule has 0 unspecified atom stereocenters. The minimum atomic E-state index is -0.656. The van der Waals surface area contributed by atoms with Crippen LogP contribution in [0, 0.1) is 12.7 Å². The van der Waals surface area contributed by atoms with E-state index in [4.69, 9.17) is 4.74 Å². The van der Waals surface area contributed by atoms with Crippen LogP contribution in [0.5, 0.6) is 0 Å². The number of halogens is 2. The van der Waals surface area contributed by atoms with Gasteiger partial charge in [0.25, 0.3) is 0 Å². The van der Waals surface area contributed by atoms with Crippen LogP contribution in [0.1, 0.15) is 36.7 Å². The fourth-order valence-corrected chi connectivity index (χ4v) is 1.94. The summed E-state index contributed by atoms with van der Waals surface area (Å²) >= 11 is 3.17. The predicted molar refractivity (Wildman–Crippen MR) is 64.0 cm³/mol. The van der Waals surface area contributed by atoms with Crippen LogP contribution >= 0.6 is 15.9 Å². The van der Waals surface area contributed by atoms with Crippen molar-refractivity contribution in [3.8, 4) is 0 Å². The number of benzene rings is 1. The van der Waals surface area contributed by atoms with Crippen LogP contribution in [-0.4, -0.2) is 11.6 Å². The van der Waals surface area contributed by atoms with Crippen LogP contribution in [0.15, 0.2) is 16.6 Å². The summed E-state index contributed by atoms with van der Waals surface area (Å²) in [4.78, 5) is 11.7. The molecule has 0 saturated carbocycles. The van der Waals surface area contributed by atoms with Crippen LogP contribution in [0.4, 0.5) is 4.39 Å². The molecule has 0 radical (unpaired) electrons. The smallest absolute Gasteiger partial charge is 0.342 e. The first-order chi connectivity index (χ1) is 7.20. The van der Waals surface area contributed by atoms with Gasteiger partial charge in [-0.15, -0.1) is 0 Å². The summed E-state index contributed by atoms with van der Waals surface area (Å²) in [5.74, 6) is -1.22. The van der Waals surface area contributed by atoms with Gasteiger partial charge in [0.05, 0.1) is 0 Å². The van der Waals surface area contributed by atoms with Gasteiger partial charge in [-0.1, -0.05) is 0 Å². The van der Waals surface area contributed by atoms with Crippen LogP contribution < -0.4 is 0 Å². The van der Waals surface area contributed by atoms with Gasteiger partial charge >= 0.3 is 5.97 Å². The molecule has 0 aliphatic heterocycles. The molecule has 16 heavy (non-hydrogen) atoms. The van der Waals surface area contributed by atoms with E-state index in [1.54, 1.807) is 33.8 Å². The van der Waals surface area contributed by atoms with Crippen molar-refractivity contribution in [1.82, 2.24) is 0 Å². The lowest BCUT2D eigenvalue weighted by Gasteiger charge is -2.20. The molecule has 0 bridgehead atoms. The molecule has 1 aromatic rings. The zero-order chi connectivity index (χ0) is 12.5. The lowest BCUT2D eigenvalue weighted by Crippen LogP contribution is -2.24. The quantitative estimate of drug-likeness (QED) is 0.734. The zero-order valence-electron chi connectivity index (χ0n) is 9.73. The number of esters is 1. The Hall–Kier alpha value is -0.900. The van der Waals surface area contributed by atoms with Gasteiger partial charge in [-0.25, -0.2) is 9.18 Å². The first-order valence-corrected chi connectivity index (χ1v) is 5.69. The molecule has 0 N–H and O–H groups in total. The van der Waals surface area contributed by atoms with Gasteiger partial charge in [0, 0.05) is 4.47 Å². The van der Waals surface area contributed by atoms with E-state index < -0.39 is 17.4 Å². The highest BCUT2D eigenvalue weighted by Crippen LogP contribution is 2.24. The van der Waals surface area contributed by atoms with E-state index in [1.807, 2.05) is 0 Å². The van der Waals surface area contributed by atoms with Crippen LogP contribution in [0.25, 0.3) is 0 Å². The Morgan fingerprint density at radius 2 is 1.94 bits per heavy atom. The number of carbonyl (C=O) groups is 1. The first kappa shape index (κ1) is 13.2. The zero-order valence-corrected chi connectivity index (χ0v) is 11.3. The molecule has 0 heterocycles. The maximum atomic E-state index is 13.6. The maximum absolute atomic E-state index is 13.6. The van der Waals surface area contributed by atoms with E-state index in [2.05, 4.69) is 15.9 Å². The van der Waals surface area contributed by atoms with E-state index in [1.165, 1.54) is 6.07 Å². The lowest BCUT2D eigenvalue weighted by atomic mass is 10.1. The number of rotatable bonds is 1. The second kappa shape index (κ2) is 4.53. The highest BCUT2D eigenvalue weighted by atomic mass is 79.9. The minimum absolute atomic E-state index is 0.0551. The summed E-state index contributed by atoms with van der Waals surface area (Å²) in [5.41, 5.74) is 0.0608. The third-order valence-electron chi connectivity index (χ3n) is 1.79. The lowest BCUT2D eigenvalue weighted by molar-refractivity contribution is 0.00636. The number of ether oxygens (including phenoxy) is 1. The van der Waals surface area contributed by atoms with E-state index in [0.717, 1.165) is 5.56 Å². The van der Waals surface area contributed by atoms with Crippen molar-refractivity contribution in [3.63, 3.8) is 0 Å². The fraction of sp³-hybridized carbons (Fsp3) is 0.417. The highest BCUT2D eigenvalue weighted by Gasteiger charge is 2.23. The van der Waals surface area contributed by atoms with Crippen LogP contribution in [-0.2, 0) is 4.74 Å². The van der Waals surface area contributed by atoms with E-state index in [-0.39, 0.29) is 5.56 Å². The van der Waals surface area contributed by atoms with Crippen LogP contribution in [0.3, 0.4) is 0 Å². The van der Waals surface area contributed by atoms with Gasteiger partial charge in [-0.2, -0.15) is 0 Å². The molecule has 0 saturated heterocycles. The molecule has 0 aromatic heterocycles. The summed E-state index contributed by atoms with van der Waals surface area (Å²) in [5, 5.41) is 0. The van der Waals surface area contributed by atoms with Crippen molar-refractivity contribution in [1.29, 1.82) is 0 Å². The second-order valence-corrected chi connectivity index (χ2v) is 5.46. The summed E-state index contributed by atoms with van der Waals surface area (Å²) < 4.78 is 19.1. The Kier molecular flexibility index (Phi) is 3.73. The summed E-state index contributed by atoms with van der Waals surface area (Å²) in [6.07, 6.45) is 0. The standard InChI is InChI=1S/C12H14BrFO2/c1-7-5-8(13)10(9(14)6-7)11(15)16-12(2,3)4/h5-6H,1-4H3. The molecule has 0 atom stereocenters. The molecule has 4 heteroatoms. The molecule has 0 amide bonds. The van der Waals surface area contributed by atoms with Crippen LogP contribution in [0.2, 0.25) is 0 Å².